The fourth-order valence-electron chi connectivity index (χ4n) is 0.946. The van der Waals surface area contributed by atoms with Gasteiger partial charge in [0.15, 0.2) is 0 Å². The minimum Gasteiger partial charge on any atom is -0.263 e. The summed E-state index contributed by atoms with van der Waals surface area (Å²) < 4.78 is 21.1. The second kappa shape index (κ2) is 3.99. The van der Waals surface area contributed by atoms with Crippen molar-refractivity contribution in [3.63, 3.8) is 0 Å². The smallest absolute Gasteiger partial charge is 0.263 e. The molecule has 1 rings (SSSR count). The molecule has 0 heterocycles. The SMILES string of the molecule is O=[N+]([O-])C(c1ccccc1)[SH](=O)=O. The lowest BCUT2D eigenvalue weighted by atomic mass is 10.2. The lowest BCUT2D eigenvalue weighted by molar-refractivity contribution is -0.502. The first kappa shape index (κ1) is 9.66. The van der Waals surface area contributed by atoms with E-state index in [4.69, 9.17) is 0 Å². The number of nitrogens with zero attached hydrogens (tertiary/aromatic N) is 1. The highest BCUT2D eigenvalue weighted by molar-refractivity contribution is 7.72. The maximum absolute atomic E-state index is 10.5. The van der Waals surface area contributed by atoms with Crippen molar-refractivity contribution in [2.24, 2.45) is 0 Å². The van der Waals surface area contributed by atoms with Crippen LogP contribution < -0.4 is 0 Å². The molecule has 0 fully saturated rings. The van der Waals surface area contributed by atoms with Crippen LogP contribution in [0.3, 0.4) is 0 Å². The van der Waals surface area contributed by atoms with Gasteiger partial charge in [-0.05, 0) is 0 Å². The standard InChI is InChI=1S/C7H7NO4S/c9-8(10)7(13(11)12)6-4-2-1-3-5-6/h1-5,7,13H. The van der Waals surface area contributed by atoms with E-state index in [2.05, 4.69) is 0 Å². The number of hydrogen-bond donors (Lipinski definition) is 1. The Bertz CT molecular complexity index is 365. The van der Waals surface area contributed by atoms with Gasteiger partial charge in [0.25, 0.3) is 0 Å². The van der Waals surface area contributed by atoms with Crippen molar-refractivity contribution in [1.29, 1.82) is 0 Å². The Hall–Kier alpha value is -1.43. The molecule has 0 bridgehead atoms. The van der Waals surface area contributed by atoms with Crippen molar-refractivity contribution in [3.05, 3.63) is 46.0 Å². The van der Waals surface area contributed by atoms with Gasteiger partial charge >= 0.3 is 5.37 Å². The van der Waals surface area contributed by atoms with Crippen molar-refractivity contribution < 1.29 is 13.3 Å². The van der Waals surface area contributed by atoms with E-state index in [1.54, 1.807) is 18.2 Å². The molecule has 0 aliphatic rings. The molecule has 5 nitrogen and oxygen atoms in total. The van der Waals surface area contributed by atoms with Crippen LogP contribution in [0, 0.1) is 10.1 Å². The van der Waals surface area contributed by atoms with E-state index in [0.29, 0.717) is 0 Å². The van der Waals surface area contributed by atoms with Crippen LogP contribution in [0.1, 0.15) is 10.9 Å². The maximum Gasteiger partial charge on any atom is 0.332 e. The average Bonchev–Trinajstić information content (AvgIpc) is 2.04. The molecular weight excluding hydrogens is 194 g/mol. The number of hydrogen-bond acceptors (Lipinski definition) is 4. The number of nitro groups is 1. The fourth-order valence-corrected chi connectivity index (χ4v) is 1.52. The molecule has 13 heavy (non-hydrogen) atoms. The first-order valence-corrected chi connectivity index (χ1v) is 4.69. The van der Waals surface area contributed by atoms with Gasteiger partial charge in [0.2, 0.25) is 10.7 Å². The molecule has 0 aliphatic heterocycles. The van der Waals surface area contributed by atoms with Crippen LogP contribution >= 0.6 is 0 Å². The monoisotopic (exact) mass is 201 g/mol. The first-order valence-electron chi connectivity index (χ1n) is 3.45. The molecule has 0 radical (unpaired) electrons. The molecule has 0 saturated heterocycles. The van der Waals surface area contributed by atoms with Crippen molar-refractivity contribution in [1.82, 2.24) is 0 Å². The van der Waals surface area contributed by atoms with Crippen LogP contribution in [0.5, 0.6) is 0 Å². The normalized spacial score (nSPS) is 12.7. The van der Waals surface area contributed by atoms with Gasteiger partial charge in [0.05, 0.1) is 0 Å². The topological polar surface area (TPSA) is 77.3 Å². The minimum absolute atomic E-state index is 0.184. The molecule has 0 spiro atoms. The molecule has 1 aromatic carbocycles. The second-order valence-corrected chi connectivity index (χ2v) is 3.41. The number of benzene rings is 1. The Morgan fingerprint density at radius 3 is 2.15 bits per heavy atom. The lowest BCUT2D eigenvalue weighted by Gasteiger charge is -2.01. The summed E-state index contributed by atoms with van der Waals surface area (Å²) >= 11 is 0. The molecule has 1 aromatic rings. The van der Waals surface area contributed by atoms with Crippen LogP contribution in [0.4, 0.5) is 0 Å². The maximum atomic E-state index is 10.5. The zero-order valence-corrected chi connectivity index (χ0v) is 7.39. The highest BCUT2D eigenvalue weighted by Gasteiger charge is 2.25. The zero-order valence-electron chi connectivity index (χ0n) is 6.49. The van der Waals surface area contributed by atoms with Crippen LogP contribution in [0.15, 0.2) is 30.3 Å². The average molecular weight is 201 g/mol. The highest BCUT2D eigenvalue weighted by Crippen LogP contribution is 2.16. The summed E-state index contributed by atoms with van der Waals surface area (Å²) in [5.74, 6) is 0. The first-order chi connectivity index (χ1) is 6.13. The quantitative estimate of drug-likeness (QED) is 0.440. The molecule has 1 unspecified atom stereocenters. The molecule has 0 saturated carbocycles. The van der Waals surface area contributed by atoms with Gasteiger partial charge in [-0.2, -0.15) is 0 Å². The zero-order chi connectivity index (χ0) is 9.84. The Morgan fingerprint density at radius 2 is 1.77 bits per heavy atom. The van der Waals surface area contributed by atoms with Crippen LogP contribution in [-0.4, -0.2) is 13.3 Å². The molecule has 0 N–H and O–H groups in total. The summed E-state index contributed by atoms with van der Waals surface area (Å²) in [6.45, 7) is 0. The number of rotatable bonds is 3. The van der Waals surface area contributed by atoms with Crippen molar-refractivity contribution in [2.75, 3.05) is 0 Å². The van der Waals surface area contributed by atoms with Gasteiger partial charge in [0, 0.05) is 10.5 Å². The molecule has 1 atom stereocenters. The third kappa shape index (κ3) is 2.25. The summed E-state index contributed by atoms with van der Waals surface area (Å²) in [6, 6.07) is 7.62. The summed E-state index contributed by atoms with van der Waals surface area (Å²) in [5, 5.41) is 8.73. The Balaban J connectivity index is 3.10. The summed E-state index contributed by atoms with van der Waals surface area (Å²) in [6.07, 6.45) is 0. The Kier molecular flexibility index (Phi) is 2.97. The lowest BCUT2D eigenvalue weighted by Crippen LogP contribution is -2.11. The van der Waals surface area contributed by atoms with E-state index in [-0.39, 0.29) is 5.56 Å². The predicted octanol–water partition coefficient (Wildman–Crippen LogP) is 0.573. The highest BCUT2D eigenvalue weighted by atomic mass is 32.2. The summed E-state index contributed by atoms with van der Waals surface area (Å²) in [7, 11) is -3.08. The van der Waals surface area contributed by atoms with E-state index in [1.807, 2.05) is 0 Å². The number of thiol groups is 1. The molecule has 0 aromatic heterocycles. The third-order valence-corrected chi connectivity index (χ3v) is 2.38. The van der Waals surface area contributed by atoms with Crippen LogP contribution in [-0.2, 0) is 10.7 Å². The van der Waals surface area contributed by atoms with Crippen LogP contribution in [0.25, 0.3) is 0 Å². The van der Waals surface area contributed by atoms with E-state index in [1.165, 1.54) is 12.1 Å². The van der Waals surface area contributed by atoms with Crippen molar-refractivity contribution in [3.8, 4) is 0 Å². The molecule has 70 valence electrons. The molecule has 0 aliphatic carbocycles. The third-order valence-electron chi connectivity index (χ3n) is 1.50. The largest absolute Gasteiger partial charge is 0.332 e. The summed E-state index contributed by atoms with van der Waals surface area (Å²) in [4.78, 5) is 9.54. The van der Waals surface area contributed by atoms with Gasteiger partial charge < -0.3 is 0 Å². The molecule has 0 amide bonds. The Labute approximate surface area is 76.1 Å². The van der Waals surface area contributed by atoms with Gasteiger partial charge in [-0.3, -0.25) is 10.1 Å². The van der Waals surface area contributed by atoms with Gasteiger partial charge in [0.1, 0.15) is 0 Å². The molecule has 6 heteroatoms. The minimum atomic E-state index is -3.08. The van der Waals surface area contributed by atoms with E-state index < -0.39 is 21.0 Å². The van der Waals surface area contributed by atoms with Gasteiger partial charge in [-0.15, -0.1) is 0 Å². The van der Waals surface area contributed by atoms with Gasteiger partial charge in [-0.1, -0.05) is 30.3 Å². The molecular formula is C7H7NO4S. The van der Waals surface area contributed by atoms with Gasteiger partial charge in [-0.25, -0.2) is 8.42 Å². The van der Waals surface area contributed by atoms with E-state index in [9.17, 15) is 18.5 Å². The van der Waals surface area contributed by atoms with Crippen molar-refractivity contribution >= 4 is 10.7 Å². The van der Waals surface area contributed by atoms with E-state index >= 15 is 0 Å². The Morgan fingerprint density at radius 1 is 1.23 bits per heavy atom. The fraction of sp³-hybridized carbons (Fsp3) is 0.143. The van der Waals surface area contributed by atoms with Crippen molar-refractivity contribution in [2.45, 2.75) is 5.37 Å². The van der Waals surface area contributed by atoms with E-state index in [0.717, 1.165) is 0 Å². The predicted molar refractivity (Wildman–Crippen MR) is 46.5 cm³/mol. The second-order valence-electron chi connectivity index (χ2n) is 2.36. The van der Waals surface area contributed by atoms with Crippen LogP contribution in [0.2, 0.25) is 0 Å². The summed E-state index contributed by atoms with van der Waals surface area (Å²) in [5.41, 5.74) is 0.184.